The van der Waals surface area contributed by atoms with E-state index < -0.39 is 0 Å². The first-order valence-electron chi connectivity index (χ1n) is 3.48. The van der Waals surface area contributed by atoms with Gasteiger partial charge in [-0.25, -0.2) is 0 Å². The Balaban J connectivity index is 3.04. The monoisotopic (exact) mass is 146 g/mol. The molecule has 1 unspecified atom stereocenters. The highest BCUT2D eigenvalue weighted by Gasteiger charge is 1.97. The van der Waals surface area contributed by atoms with Gasteiger partial charge in [0.25, 0.3) is 0 Å². The van der Waals surface area contributed by atoms with Crippen LogP contribution in [-0.2, 0) is 14.3 Å². The number of carbonyl (C=O) groups excluding carboxylic acids is 1. The molecule has 3 heteroatoms. The summed E-state index contributed by atoms with van der Waals surface area (Å²) in [6.07, 6.45) is 1.08. The van der Waals surface area contributed by atoms with E-state index in [2.05, 4.69) is 0 Å². The Morgan fingerprint density at radius 3 is 2.70 bits per heavy atom. The molecule has 0 aromatic heterocycles. The average Bonchev–Trinajstić information content (AvgIpc) is 1.89. The first-order valence-corrected chi connectivity index (χ1v) is 3.48. The molecule has 0 aliphatic carbocycles. The molecule has 0 rings (SSSR count). The van der Waals surface area contributed by atoms with Gasteiger partial charge in [-0.3, -0.25) is 0 Å². The molecule has 10 heavy (non-hydrogen) atoms. The lowest BCUT2D eigenvalue weighted by molar-refractivity contribution is -0.131. The second-order valence-electron chi connectivity index (χ2n) is 1.85. The lowest BCUT2D eigenvalue weighted by Crippen LogP contribution is -2.13. The van der Waals surface area contributed by atoms with Crippen LogP contribution in [0.1, 0.15) is 20.3 Å². The fraction of sp³-hybridized carbons (Fsp3) is 0.857. The van der Waals surface area contributed by atoms with Crippen LogP contribution in [0, 0.1) is 0 Å². The minimum absolute atomic E-state index is 0.190. The number of aldehydes is 1. The molecule has 0 spiro atoms. The van der Waals surface area contributed by atoms with E-state index in [1.807, 2.05) is 13.8 Å². The van der Waals surface area contributed by atoms with E-state index in [0.29, 0.717) is 19.6 Å². The minimum Gasteiger partial charge on any atom is -0.353 e. The van der Waals surface area contributed by atoms with Crippen LogP contribution in [0.4, 0.5) is 0 Å². The van der Waals surface area contributed by atoms with Crippen LogP contribution >= 0.6 is 0 Å². The van der Waals surface area contributed by atoms with Crippen molar-refractivity contribution in [2.45, 2.75) is 26.6 Å². The third-order valence-electron chi connectivity index (χ3n) is 0.990. The third kappa shape index (κ3) is 5.72. The molecule has 0 aliphatic rings. The van der Waals surface area contributed by atoms with Crippen LogP contribution in [0.15, 0.2) is 0 Å². The number of rotatable bonds is 6. The summed E-state index contributed by atoms with van der Waals surface area (Å²) in [5.41, 5.74) is 0. The first-order chi connectivity index (χ1) is 4.81. The molecule has 0 fully saturated rings. The standard InChI is InChI=1S/C7H14O3/c1-3-9-7(2)10-6-4-5-8/h5,7H,3-4,6H2,1-2H3. The Kier molecular flexibility index (Phi) is 6.43. The zero-order valence-corrected chi connectivity index (χ0v) is 6.50. The molecule has 1 atom stereocenters. The molecule has 0 saturated carbocycles. The van der Waals surface area contributed by atoms with Gasteiger partial charge in [0, 0.05) is 13.0 Å². The van der Waals surface area contributed by atoms with E-state index in [-0.39, 0.29) is 6.29 Å². The molecule has 0 bridgehead atoms. The summed E-state index contributed by atoms with van der Waals surface area (Å²) >= 11 is 0. The van der Waals surface area contributed by atoms with Gasteiger partial charge in [-0.15, -0.1) is 0 Å². The summed E-state index contributed by atoms with van der Waals surface area (Å²) in [5, 5.41) is 0. The van der Waals surface area contributed by atoms with E-state index in [1.165, 1.54) is 0 Å². The molecule has 0 saturated heterocycles. The highest BCUT2D eigenvalue weighted by atomic mass is 16.7. The largest absolute Gasteiger partial charge is 0.353 e. The first kappa shape index (κ1) is 9.59. The van der Waals surface area contributed by atoms with Gasteiger partial charge in [-0.05, 0) is 13.8 Å². The summed E-state index contributed by atoms with van der Waals surface area (Å²) in [4.78, 5) is 9.82. The van der Waals surface area contributed by atoms with E-state index in [4.69, 9.17) is 9.47 Å². The summed E-state index contributed by atoms with van der Waals surface area (Å²) in [7, 11) is 0. The normalized spacial score (nSPS) is 13.0. The molecule has 0 aromatic rings. The van der Waals surface area contributed by atoms with Gasteiger partial charge < -0.3 is 14.3 Å². The van der Waals surface area contributed by atoms with Crippen LogP contribution in [-0.4, -0.2) is 25.8 Å². The molecule has 0 heterocycles. The highest BCUT2D eigenvalue weighted by molar-refractivity contribution is 5.49. The van der Waals surface area contributed by atoms with Crippen molar-refractivity contribution >= 4 is 6.29 Å². The number of carbonyl (C=O) groups is 1. The fourth-order valence-electron chi connectivity index (χ4n) is 0.565. The molecule has 60 valence electrons. The van der Waals surface area contributed by atoms with Crippen molar-refractivity contribution in [3.05, 3.63) is 0 Å². The van der Waals surface area contributed by atoms with Crippen LogP contribution in [0.2, 0.25) is 0 Å². The predicted octanol–water partition coefficient (Wildman–Crippen LogP) is 0.974. The molecule has 0 N–H and O–H groups in total. The van der Waals surface area contributed by atoms with Crippen molar-refractivity contribution in [2.24, 2.45) is 0 Å². The van der Waals surface area contributed by atoms with Gasteiger partial charge in [-0.2, -0.15) is 0 Å². The molecule has 3 nitrogen and oxygen atoms in total. The lowest BCUT2D eigenvalue weighted by Gasteiger charge is -2.10. The van der Waals surface area contributed by atoms with Crippen LogP contribution < -0.4 is 0 Å². The van der Waals surface area contributed by atoms with Crippen molar-refractivity contribution in [2.75, 3.05) is 13.2 Å². The molecule has 0 aliphatic heterocycles. The maximum absolute atomic E-state index is 9.82. The Morgan fingerprint density at radius 1 is 1.50 bits per heavy atom. The number of hydrogen-bond acceptors (Lipinski definition) is 3. The Hall–Kier alpha value is -0.410. The SMILES string of the molecule is CCOC(C)OCCC=O. The van der Waals surface area contributed by atoms with E-state index in [1.54, 1.807) is 0 Å². The highest BCUT2D eigenvalue weighted by Crippen LogP contribution is 1.92. The maximum atomic E-state index is 9.82. The van der Waals surface area contributed by atoms with E-state index in [0.717, 1.165) is 6.29 Å². The van der Waals surface area contributed by atoms with Crippen molar-refractivity contribution in [3.63, 3.8) is 0 Å². The second kappa shape index (κ2) is 6.71. The van der Waals surface area contributed by atoms with Gasteiger partial charge in [0.05, 0.1) is 6.61 Å². The summed E-state index contributed by atoms with van der Waals surface area (Å²) in [6.45, 7) is 4.81. The summed E-state index contributed by atoms with van der Waals surface area (Å²) in [5.74, 6) is 0. The third-order valence-corrected chi connectivity index (χ3v) is 0.990. The molecule has 0 radical (unpaired) electrons. The van der Waals surface area contributed by atoms with E-state index in [9.17, 15) is 4.79 Å². The second-order valence-corrected chi connectivity index (χ2v) is 1.85. The minimum atomic E-state index is -0.190. The zero-order valence-electron chi connectivity index (χ0n) is 6.50. The number of ether oxygens (including phenoxy) is 2. The van der Waals surface area contributed by atoms with Crippen molar-refractivity contribution < 1.29 is 14.3 Å². The van der Waals surface area contributed by atoms with Crippen LogP contribution in [0.25, 0.3) is 0 Å². The molecular formula is C7H14O3. The molecule has 0 amide bonds. The van der Waals surface area contributed by atoms with Gasteiger partial charge >= 0.3 is 0 Å². The molecular weight excluding hydrogens is 132 g/mol. The van der Waals surface area contributed by atoms with Crippen LogP contribution in [0.3, 0.4) is 0 Å². The van der Waals surface area contributed by atoms with Gasteiger partial charge in [-0.1, -0.05) is 0 Å². The number of hydrogen-bond donors (Lipinski definition) is 0. The Morgan fingerprint density at radius 2 is 2.20 bits per heavy atom. The zero-order chi connectivity index (χ0) is 7.82. The average molecular weight is 146 g/mol. The predicted molar refractivity (Wildman–Crippen MR) is 37.7 cm³/mol. The van der Waals surface area contributed by atoms with Crippen molar-refractivity contribution in [3.8, 4) is 0 Å². The van der Waals surface area contributed by atoms with Gasteiger partial charge in [0.15, 0.2) is 6.29 Å². The quantitative estimate of drug-likeness (QED) is 0.318. The van der Waals surface area contributed by atoms with Gasteiger partial charge in [0.1, 0.15) is 6.29 Å². The van der Waals surface area contributed by atoms with Crippen LogP contribution in [0.5, 0.6) is 0 Å². The fourth-order valence-corrected chi connectivity index (χ4v) is 0.565. The van der Waals surface area contributed by atoms with Gasteiger partial charge in [0.2, 0.25) is 0 Å². The lowest BCUT2D eigenvalue weighted by atomic mass is 10.5. The van der Waals surface area contributed by atoms with Crippen molar-refractivity contribution in [1.29, 1.82) is 0 Å². The summed E-state index contributed by atoms with van der Waals surface area (Å²) < 4.78 is 10.1. The Labute approximate surface area is 61.3 Å². The van der Waals surface area contributed by atoms with Crippen molar-refractivity contribution in [1.82, 2.24) is 0 Å². The van der Waals surface area contributed by atoms with E-state index >= 15 is 0 Å². The smallest absolute Gasteiger partial charge is 0.154 e. The Bertz CT molecular complexity index is 82.9. The topological polar surface area (TPSA) is 35.5 Å². The maximum Gasteiger partial charge on any atom is 0.154 e. The molecule has 0 aromatic carbocycles. The summed E-state index contributed by atoms with van der Waals surface area (Å²) in [6, 6.07) is 0.